The van der Waals surface area contributed by atoms with Gasteiger partial charge in [-0.3, -0.25) is 14.5 Å². The van der Waals surface area contributed by atoms with Crippen LogP contribution in [0.2, 0.25) is 0 Å². The van der Waals surface area contributed by atoms with Crippen LogP contribution in [0.3, 0.4) is 0 Å². The lowest BCUT2D eigenvalue weighted by Crippen LogP contribution is -2.41. The number of ether oxygens (including phenoxy) is 1. The highest BCUT2D eigenvalue weighted by molar-refractivity contribution is 7.89. The average molecular weight is 575 g/mol. The molecule has 1 saturated carbocycles. The fraction of sp³-hybridized carbons (Fsp3) is 0.571. The first kappa shape index (κ1) is 28.2. The van der Waals surface area contributed by atoms with Crippen LogP contribution in [0.1, 0.15) is 70.2 Å². The number of benzene rings is 1. The van der Waals surface area contributed by atoms with Crippen molar-refractivity contribution in [2.75, 3.05) is 51.8 Å². The standard InChI is InChI=1S/C28H38N4O5S2/c1-3-31-14-13-23-24(19-31)38-27(25(23)28(34)32-15-17-37-18-16-32)29-26(33)20-9-11-22(12-10-20)39(35,36)30(2)21-7-5-4-6-8-21/h9-12,21H,3-8,13-19H2,1-2H3,(H,29,33). The molecular weight excluding hydrogens is 536 g/mol. The van der Waals surface area contributed by atoms with Crippen molar-refractivity contribution >= 4 is 38.2 Å². The average Bonchev–Trinajstić information content (AvgIpc) is 3.34. The Morgan fingerprint density at radius 3 is 2.44 bits per heavy atom. The van der Waals surface area contributed by atoms with Crippen molar-refractivity contribution in [3.8, 4) is 0 Å². The first-order chi connectivity index (χ1) is 18.8. The molecule has 0 spiro atoms. The first-order valence-corrected chi connectivity index (χ1v) is 16.2. The Morgan fingerprint density at radius 1 is 1.08 bits per heavy atom. The van der Waals surface area contributed by atoms with E-state index in [1.807, 2.05) is 0 Å². The van der Waals surface area contributed by atoms with Gasteiger partial charge in [-0.05, 0) is 55.6 Å². The molecule has 0 unspecified atom stereocenters. The molecule has 2 fully saturated rings. The van der Waals surface area contributed by atoms with Gasteiger partial charge < -0.3 is 15.0 Å². The number of carbonyl (C=O) groups excluding carboxylic acids is 2. The third-order valence-corrected chi connectivity index (χ3v) is 11.3. The van der Waals surface area contributed by atoms with Gasteiger partial charge >= 0.3 is 0 Å². The van der Waals surface area contributed by atoms with Crippen LogP contribution < -0.4 is 5.32 Å². The topological polar surface area (TPSA) is 99.3 Å². The van der Waals surface area contributed by atoms with Crippen LogP contribution in [-0.2, 0) is 27.7 Å². The van der Waals surface area contributed by atoms with E-state index >= 15 is 0 Å². The van der Waals surface area contributed by atoms with E-state index in [2.05, 4.69) is 17.1 Å². The van der Waals surface area contributed by atoms with Gasteiger partial charge in [-0.15, -0.1) is 11.3 Å². The summed E-state index contributed by atoms with van der Waals surface area (Å²) < 4.78 is 33.3. The number of morpholine rings is 1. The molecule has 5 rings (SSSR count). The number of hydrogen-bond acceptors (Lipinski definition) is 7. The maximum absolute atomic E-state index is 13.6. The molecule has 9 nitrogen and oxygen atoms in total. The van der Waals surface area contributed by atoms with Crippen LogP contribution in [0.15, 0.2) is 29.2 Å². The Balaban J connectivity index is 1.36. The Labute approximate surface area is 235 Å². The minimum absolute atomic E-state index is 0.0163. The summed E-state index contributed by atoms with van der Waals surface area (Å²) in [5, 5.41) is 3.56. The zero-order valence-corrected chi connectivity index (χ0v) is 24.4. The minimum Gasteiger partial charge on any atom is -0.378 e. The molecule has 1 aliphatic carbocycles. The summed E-state index contributed by atoms with van der Waals surface area (Å²) in [6.07, 6.45) is 5.76. The lowest BCUT2D eigenvalue weighted by atomic mass is 9.96. The summed E-state index contributed by atoms with van der Waals surface area (Å²) in [5.41, 5.74) is 1.97. The number of thiophene rings is 1. The second kappa shape index (κ2) is 12.1. The smallest absolute Gasteiger partial charge is 0.257 e. The molecule has 212 valence electrons. The van der Waals surface area contributed by atoms with E-state index in [0.29, 0.717) is 42.4 Å². The van der Waals surface area contributed by atoms with E-state index in [4.69, 9.17) is 4.74 Å². The second-order valence-corrected chi connectivity index (χ2v) is 13.6. The molecule has 1 N–H and O–H groups in total. The van der Waals surface area contributed by atoms with Gasteiger partial charge in [0.1, 0.15) is 5.00 Å². The molecule has 2 amide bonds. The molecule has 11 heteroatoms. The van der Waals surface area contributed by atoms with Crippen molar-refractivity contribution in [2.45, 2.75) is 62.9 Å². The Hall–Kier alpha value is -2.31. The summed E-state index contributed by atoms with van der Waals surface area (Å²) in [4.78, 5) is 32.4. The number of hydrogen-bond donors (Lipinski definition) is 1. The van der Waals surface area contributed by atoms with Gasteiger partial charge in [0.15, 0.2) is 0 Å². The Bertz CT molecular complexity index is 1300. The number of carbonyl (C=O) groups is 2. The lowest BCUT2D eigenvalue weighted by Gasteiger charge is -2.30. The number of amides is 2. The van der Waals surface area contributed by atoms with Crippen LogP contribution in [0.25, 0.3) is 0 Å². The monoisotopic (exact) mass is 574 g/mol. The van der Waals surface area contributed by atoms with E-state index in [1.54, 1.807) is 24.1 Å². The van der Waals surface area contributed by atoms with Crippen molar-refractivity contribution < 1.29 is 22.7 Å². The molecule has 3 heterocycles. The summed E-state index contributed by atoms with van der Waals surface area (Å²) >= 11 is 1.47. The Kier molecular flexibility index (Phi) is 8.72. The molecular formula is C28H38N4O5S2. The molecule has 1 saturated heterocycles. The van der Waals surface area contributed by atoms with Gasteiger partial charge in [0.25, 0.3) is 11.8 Å². The van der Waals surface area contributed by atoms with Gasteiger partial charge in [0.05, 0.1) is 23.7 Å². The molecule has 2 aromatic rings. The van der Waals surface area contributed by atoms with E-state index in [0.717, 1.165) is 68.6 Å². The van der Waals surface area contributed by atoms with Gasteiger partial charge in [-0.2, -0.15) is 4.31 Å². The predicted molar refractivity (Wildman–Crippen MR) is 152 cm³/mol. The molecule has 0 atom stereocenters. The van der Waals surface area contributed by atoms with Crippen molar-refractivity contribution in [2.24, 2.45) is 0 Å². The van der Waals surface area contributed by atoms with Crippen LogP contribution in [0, 0.1) is 0 Å². The van der Waals surface area contributed by atoms with Crippen molar-refractivity contribution in [1.29, 1.82) is 0 Å². The highest BCUT2D eigenvalue weighted by Gasteiger charge is 2.32. The molecule has 2 aliphatic heterocycles. The SMILES string of the molecule is CCN1CCc2c(sc(NC(=O)c3ccc(S(=O)(=O)N(C)C4CCCCC4)cc3)c2C(=O)N2CCOCC2)C1. The molecule has 3 aliphatic rings. The highest BCUT2D eigenvalue weighted by atomic mass is 32.2. The van der Waals surface area contributed by atoms with Gasteiger partial charge in [0.2, 0.25) is 10.0 Å². The molecule has 1 aromatic heterocycles. The zero-order valence-electron chi connectivity index (χ0n) is 22.8. The number of nitrogens with zero attached hydrogens (tertiary/aromatic N) is 3. The summed E-state index contributed by atoms with van der Waals surface area (Å²) in [5.74, 6) is -0.426. The fourth-order valence-electron chi connectivity index (χ4n) is 5.73. The Morgan fingerprint density at radius 2 is 1.77 bits per heavy atom. The number of sulfonamides is 1. The van der Waals surface area contributed by atoms with Crippen LogP contribution >= 0.6 is 11.3 Å². The van der Waals surface area contributed by atoms with Gasteiger partial charge in [-0.1, -0.05) is 26.2 Å². The summed E-state index contributed by atoms with van der Waals surface area (Å²) in [7, 11) is -1.99. The maximum Gasteiger partial charge on any atom is 0.257 e. The fourth-order valence-corrected chi connectivity index (χ4v) is 8.42. The predicted octanol–water partition coefficient (Wildman–Crippen LogP) is 3.80. The number of rotatable bonds is 7. The second-order valence-electron chi connectivity index (χ2n) is 10.5. The molecule has 1 aromatic carbocycles. The summed E-state index contributed by atoms with van der Waals surface area (Å²) in [6, 6.07) is 6.12. The van der Waals surface area contributed by atoms with E-state index in [9.17, 15) is 18.0 Å². The number of likely N-dealkylation sites (N-methyl/N-ethyl adjacent to an activating group) is 1. The van der Waals surface area contributed by atoms with Gasteiger partial charge in [0, 0.05) is 49.7 Å². The molecule has 0 bridgehead atoms. The molecule has 39 heavy (non-hydrogen) atoms. The minimum atomic E-state index is -3.64. The third-order valence-electron chi connectivity index (χ3n) is 8.20. The van der Waals surface area contributed by atoms with Crippen molar-refractivity contribution in [3.63, 3.8) is 0 Å². The van der Waals surface area contributed by atoms with Crippen LogP contribution in [0.4, 0.5) is 5.00 Å². The first-order valence-electron chi connectivity index (χ1n) is 13.9. The maximum atomic E-state index is 13.6. The quantitative estimate of drug-likeness (QED) is 0.540. The zero-order chi connectivity index (χ0) is 27.6. The number of anilines is 1. The largest absolute Gasteiger partial charge is 0.378 e. The van der Waals surface area contributed by atoms with E-state index < -0.39 is 10.0 Å². The number of fused-ring (bicyclic) bond motifs is 1. The normalized spacial score (nSPS) is 19.2. The van der Waals surface area contributed by atoms with Crippen LogP contribution in [0.5, 0.6) is 0 Å². The van der Waals surface area contributed by atoms with E-state index in [-0.39, 0.29) is 22.8 Å². The summed E-state index contributed by atoms with van der Waals surface area (Å²) in [6.45, 7) is 6.77. The highest BCUT2D eigenvalue weighted by Crippen LogP contribution is 2.38. The van der Waals surface area contributed by atoms with Gasteiger partial charge in [-0.25, -0.2) is 8.42 Å². The molecule has 0 radical (unpaired) electrons. The lowest BCUT2D eigenvalue weighted by molar-refractivity contribution is 0.0303. The van der Waals surface area contributed by atoms with Crippen LogP contribution in [-0.4, -0.2) is 86.8 Å². The third kappa shape index (κ3) is 5.92. The van der Waals surface area contributed by atoms with E-state index in [1.165, 1.54) is 27.8 Å². The van der Waals surface area contributed by atoms with Crippen molar-refractivity contribution in [1.82, 2.24) is 14.1 Å². The number of nitrogens with one attached hydrogen (secondary N) is 1. The van der Waals surface area contributed by atoms with Crippen molar-refractivity contribution in [3.05, 3.63) is 45.8 Å².